The Balaban J connectivity index is 1.30. The Morgan fingerprint density at radius 3 is 2.45 bits per heavy atom. The molecule has 4 rings (SSSR count). The topological polar surface area (TPSA) is 156 Å². The maximum absolute atomic E-state index is 13.7. The van der Waals surface area contributed by atoms with Crippen LogP contribution >= 0.6 is 11.3 Å². The van der Waals surface area contributed by atoms with Crippen LogP contribution in [0.3, 0.4) is 0 Å². The second-order valence-electron chi connectivity index (χ2n) is 11.9. The van der Waals surface area contributed by atoms with Gasteiger partial charge in [0.25, 0.3) is 0 Å². The van der Waals surface area contributed by atoms with Crippen LogP contribution < -0.4 is 21.1 Å². The summed E-state index contributed by atoms with van der Waals surface area (Å²) in [7, 11) is 0. The van der Waals surface area contributed by atoms with Gasteiger partial charge in [0.1, 0.15) is 31.0 Å². The number of aromatic nitrogens is 1. The highest BCUT2D eigenvalue weighted by molar-refractivity contribution is 7.13. The summed E-state index contributed by atoms with van der Waals surface area (Å²) in [6, 6.07) is 13.0. The van der Waals surface area contributed by atoms with Crippen LogP contribution in [-0.2, 0) is 25.7 Å². The number of thiazole rings is 1. The van der Waals surface area contributed by atoms with Crippen molar-refractivity contribution in [1.82, 2.24) is 20.5 Å². The largest absolute Gasteiger partial charge is 0.491 e. The summed E-state index contributed by atoms with van der Waals surface area (Å²) in [5.41, 5.74) is 10.4. The van der Waals surface area contributed by atoms with Gasteiger partial charge in [0.15, 0.2) is 0 Å². The van der Waals surface area contributed by atoms with Crippen LogP contribution in [0.15, 0.2) is 54.0 Å². The van der Waals surface area contributed by atoms with Crippen molar-refractivity contribution in [2.24, 2.45) is 5.41 Å². The number of hydrogen-bond donors (Lipinski definition) is 4. The van der Waals surface area contributed by atoms with Gasteiger partial charge in [-0.25, -0.2) is 4.98 Å². The highest BCUT2D eigenvalue weighted by Crippen LogP contribution is 2.28. The third kappa shape index (κ3) is 8.77. The summed E-state index contributed by atoms with van der Waals surface area (Å²) < 4.78 is 11.0. The molecule has 44 heavy (non-hydrogen) atoms. The number of nitrogens with zero attached hydrogens (tertiary/aromatic N) is 2. The first kappa shape index (κ1) is 32.9. The third-order valence-electron chi connectivity index (χ3n) is 7.32. The Morgan fingerprint density at radius 2 is 1.82 bits per heavy atom. The van der Waals surface area contributed by atoms with Crippen LogP contribution in [0, 0.1) is 12.3 Å². The zero-order chi connectivity index (χ0) is 31.9. The number of nitrogen functional groups attached to an aromatic ring is 1. The molecule has 1 aliphatic rings. The van der Waals surface area contributed by atoms with E-state index in [2.05, 4.69) is 15.6 Å². The number of aliphatic hydroxyl groups is 1. The van der Waals surface area contributed by atoms with E-state index < -0.39 is 35.4 Å². The molecule has 1 fully saturated rings. The number of aliphatic hydroxyl groups excluding tert-OH is 1. The van der Waals surface area contributed by atoms with E-state index in [1.165, 1.54) is 4.90 Å². The average molecular weight is 624 g/mol. The number of rotatable bonds is 12. The average Bonchev–Trinajstić information content (AvgIpc) is 3.60. The molecule has 2 heterocycles. The molecule has 3 unspecified atom stereocenters. The number of carbonyl (C=O) groups is 3. The highest BCUT2D eigenvalue weighted by Gasteiger charge is 2.44. The number of benzene rings is 2. The van der Waals surface area contributed by atoms with Gasteiger partial charge in [0, 0.05) is 25.2 Å². The normalized spacial score (nSPS) is 17.2. The van der Waals surface area contributed by atoms with Crippen molar-refractivity contribution in [3.8, 4) is 16.2 Å². The number of amides is 3. The van der Waals surface area contributed by atoms with Crippen LogP contribution in [0.5, 0.6) is 5.75 Å². The van der Waals surface area contributed by atoms with E-state index in [4.69, 9.17) is 15.2 Å². The molecule has 12 heteroatoms. The minimum absolute atomic E-state index is 0.00123. The number of nitrogens with two attached hydrogens (primary N) is 1. The smallest absolute Gasteiger partial charge is 0.246 e. The van der Waals surface area contributed by atoms with Crippen molar-refractivity contribution in [2.45, 2.75) is 58.8 Å². The second-order valence-corrected chi connectivity index (χ2v) is 12.8. The minimum Gasteiger partial charge on any atom is -0.491 e. The van der Waals surface area contributed by atoms with Gasteiger partial charge in [0.2, 0.25) is 17.7 Å². The summed E-state index contributed by atoms with van der Waals surface area (Å²) in [6.45, 7) is 7.86. The van der Waals surface area contributed by atoms with Gasteiger partial charge >= 0.3 is 0 Å². The van der Waals surface area contributed by atoms with E-state index in [0.29, 0.717) is 11.4 Å². The van der Waals surface area contributed by atoms with Crippen molar-refractivity contribution in [3.05, 3.63) is 65.3 Å². The monoisotopic (exact) mass is 623 g/mol. The van der Waals surface area contributed by atoms with E-state index >= 15 is 0 Å². The van der Waals surface area contributed by atoms with E-state index in [9.17, 15) is 19.5 Å². The van der Waals surface area contributed by atoms with Gasteiger partial charge in [-0.3, -0.25) is 14.4 Å². The lowest BCUT2D eigenvalue weighted by molar-refractivity contribution is -0.144. The van der Waals surface area contributed by atoms with Gasteiger partial charge in [-0.1, -0.05) is 45.0 Å². The van der Waals surface area contributed by atoms with Crippen molar-refractivity contribution < 1.29 is 29.0 Å². The highest BCUT2D eigenvalue weighted by atomic mass is 32.1. The Kier molecular flexibility index (Phi) is 11.0. The van der Waals surface area contributed by atoms with Crippen molar-refractivity contribution >= 4 is 34.7 Å². The number of carbonyl (C=O) groups excluding carboxylic acids is 3. The quantitative estimate of drug-likeness (QED) is 0.177. The number of likely N-dealkylation sites (tertiary alicyclic amines) is 1. The standard InChI is InChI=1S/C32H41N5O6S/c1-20-28(44-19-35-20)22-7-5-21(6-8-22)16-34-30(40)26-15-24(38)17-37(26)31(41)29(32(2,3)4)36-27(39)18-42-13-14-43-25-11-9-23(33)10-12-25/h5-12,19,24,26,29,38H,13-18,33H2,1-4H3,(H,34,40)(H,36,39). The predicted molar refractivity (Wildman–Crippen MR) is 169 cm³/mol. The van der Waals surface area contributed by atoms with Crippen LogP contribution in [0.2, 0.25) is 0 Å². The first-order valence-corrected chi connectivity index (χ1v) is 15.4. The van der Waals surface area contributed by atoms with Crippen LogP contribution in [0.1, 0.15) is 38.4 Å². The van der Waals surface area contributed by atoms with E-state index in [-0.39, 0.29) is 45.2 Å². The van der Waals surface area contributed by atoms with E-state index in [1.807, 2.05) is 57.5 Å². The molecular weight excluding hydrogens is 582 g/mol. The first-order valence-electron chi connectivity index (χ1n) is 14.5. The maximum Gasteiger partial charge on any atom is 0.246 e. The Bertz CT molecular complexity index is 1420. The molecule has 3 atom stereocenters. The minimum atomic E-state index is -0.937. The molecule has 1 saturated heterocycles. The number of nitrogens with one attached hydrogen (secondary N) is 2. The number of ether oxygens (including phenoxy) is 2. The molecule has 0 aliphatic carbocycles. The second kappa shape index (κ2) is 14.7. The lowest BCUT2D eigenvalue weighted by atomic mass is 9.85. The van der Waals surface area contributed by atoms with Crippen molar-refractivity contribution in [3.63, 3.8) is 0 Å². The Labute approximate surface area is 261 Å². The molecule has 0 radical (unpaired) electrons. The molecule has 1 aromatic heterocycles. The fourth-order valence-corrected chi connectivity index (χ4v) is 5.74. The Hall–Kier alpha value is -4.00. The van der Waals surface area contributed by atoms with Gasteiger partial charge in [0.05, 0.1) is 28.8 Å². The predicted octanol–water partition coefficient (Wildman–Crippen LogP) is 2.91. The first-order chi connectivity index (χ1) is 20.9. The molecule has 2 aromatic carbocycles. The summed E-state index contributed by atoms with van der Waals surface area (Å²) in [6.07, 6.45) is -0.736. The summed E-state index contributed by atoms with van der Waals surface area (Å²) in [5.74, 6) is -0.625. The van der Waals surface area contributed by atoms with Gasteiger partial charge in [-0.15, -0.1) is 11.3 Å². The number of aryl methyl sites for hydroxylation is 1. The molecule has 5 N–H and O–H groups in total. The van der Waals surface area contributed by atoms with Crippen LogP contribution in [0.25, 0.3) is 10.4 Å². The molecule has 3 amide bonds. The van der Waals surface area contributed by atoms with Crippen LogP contribution in [-0.4, -0.2) is 77.3 Å². The zero-order valence-corrected chi connectivity index (χ0v) is 26.4. The van der Waals surface area contributed by atoms with Gasteiger partial charge in [-0.05, 0) is 47.7 Å². The maximum atomic E-state index is 13.7. The lowest BCUT2D eigenvalue weighted by Gasteiger charge is -2.35. The van der Waals surface area contributed by atoms with Crippen molar-refractivity contribution in [1.29, 1.82) is 0 Å². The number of hydrogen-bond acceptors (Lipinski definition) is 9. The van der Waals surface area contributed by atoms with Crippen LogP contribution in [0.4, 0.5) is 5.69 Å². The molecule has 0 saturated carbocycles. The molecule has 1 aliphatic heterocycles. The Morgan fingerprint density at radius 1 is 1.11 bits per heavy atom. The molecule has 0 spiro atoms. The SMILES string of the molecule is Cc1ncsc1-c1ccc(CNC(=O)C2CC(O)CN2C(=O)C(NC(=O)COCCOc2ccc(N)cc2)C(C)(C)C)cc1. The summed E-state index contributed by atoms with van der Waals surface area (Å²) in [4.78, 5) is 46.5. The molecule has 0 bridgehead atoms. The molecule has 3 aromatic rings. The zero-order valence-electron chi connectivity index (χ0n) is 25.5. The van der Waals surface area contributed by atoms with E-state index in [1.54, 1.807) is 35.6 Å². The summed E-state index contributed by atoms with van der Waals surface area (Å²) in [5, 5.41) is 16.1. The molecule has 11 nitrogen and oxygen atoms in total. The fraction of sp³-hybridized carbons (Fsp3) is 0.438. The van der Waals surface area contributed by atoms with Gasteiger partial charge in [-0.2, -0.15) is 0 Å². The number of anilines is 1. The fourth-order valence-electron chi connectivity index (χ4n) is 4.93. The lowest BCUT2D eigenvalue weighted by Crippen LogP contribution is -2.58. The van der Waals surface area contributed by atoms with Gasteiger partial charge < -0.3 is 35.8 Å². The molecular formula is C32H41N5O6S. The molecule has 236 valence electrons. The van der Waals surface area contributed by atoms with E-state index in [0.717, 1.165) is 21.7 Å². The number of β-amino-alcohol motifs (C(OH)–C–C–N with tert-alkyl or cyclic N) is 1. The third-order valence-corrected chi connectivity index (χ3v) is 8.30. The van der Waals surface area contributed by atoms with Crippen molar-refractivity contribution in [2.75, 3.05) is 32.1 Å². The summed E-state index contributed by atoms with van der Waals surface area (Å²) >= 11 is 1.58.